The summed E-state index contributed by atoms with van der Waals surface area (Å²) < 4.78 is 7.32. The van der Waals surface area contributed by atoms with Crippen molar-refractivity contribution in [2.45, 2.75) is 31.3 Å². The van der Waals surface area contributed by atoms with E-state index in [1.54, 1.807) is 0 Å². The zero-order valence-corrected chi connectivity index (χ0v) is 41.6. The second-order valence-electron chi connectivity index (χ2n) is 20.8. The molecule has 286 valence electrons. The molecule has 0 fully saturated rings. The molecule has 0 N–H and O–H groups in total. The Balaban J connectivity index is 1.40. The van der Waals surface area contributed by atoms with Gasteiger partial charge in [0.25, 0.3) is 0 Å². The molecule has 63 heavy (non-hydrogen) atoms. The lowest BCUT2D eigenvalue weighted by Crippen LogP contribution is -2.53. The second kappa shape index (κ2) is 14.1. The quantitative estimate of drug-likeness (QED) is 0.125. The molecule has 18 heteroatoms. The van der Waals surface area contributed by atoms with Crippen molar-refractivity contribution < 1.29 is 4.74 Å². The van der Waals surface area contributed by atoms with Gasteiger partial charge in [-0.2, -0.15) is 0 Å². The van der Waals surface area contributed by atoms with Gasteiger partial charge in [0.05, 0.1) is 5.92 Å². The number of rotatable bonds is 2. The van der Waals surface area contributed by atoms with Crippen molar-refractivity contribution in [2.75, 3.05) is 0 Å². The zero-order chi connectivity index (χ0) is 45.4. The Bertz CT molecular complexity index is 3310. The topological polar surface area (TPSA) is 9.23 Å². The molecule has 2 atom stereocenters. The van der Waals surface area contributed by atoms with Crippen LogP contribution in [0.15, 0.2) is 47.9 Å². The molecule has 0 radical (unpaired) electrons. The van der Waals surface area contributed by atoms with E-state index in [4.69, 9.17) is 4.74 Å². The highest BCUT2D eigenvalue weighted by molar-refractivity contribution is 6.72. The maximum atomic E-state index is 7.32. The molecular weight excluding hydrogens is 740 g/mol. The van der Waals surface area contributed by atoms with Gasteiger partial charge in [-0.15, -0.1) is 32.8 Å². The lowest BCUT2D eigenvalue weighted by atomic mass is 9.53. The third kappa shape index (κ3) is 5.31. The molecule has 7 aromatic carbocycles. The first-order valence-electron chi connectivity index (χ1n) is 23.5. The Morgan fingerprint density at radius 3 is 1.46 bits per heavy atom. The Kier molecular flexibility index (Phi) is 9.55. The van der Waals surface area contributed by atoms with Crippen molar-refractivity contribution in [1.29, 1.82) is 0 Å². The van der Waals surface area contributed by atoms with Crippen molar-refractivity contribution in [3.05, 3.63) is 75.8 Å². The van der Waals surface area contributed by atoms with E-state index < -0.39 is 0 Å². The summed E-state index contributed by atoms with van der Waals surface area (Å²) in [6, 6.07) is 16.5. The molecule has 3 aliphatic rings. The van der Waals surface area contributed by atoms with Crippen LogP contribution < -0.4 is 86.7 Å². The van der Waals surface area contributed by atoms with Gasteiger partial charge in [-0.05, 0) is 88.8 Å². The van der Waals surface area contributed by atoms with Gasteiger partial charge in [-0.1, -0.05) is 110 Å². The summed E-state index contributed by atoms with van der Waals surface area (Å²) >= 11 is 0. The lowest BCUT2D eigenvalue weighted by molar-refractivity contribution is 0.264. The molecule has 1 nitrogen and oxygen atoms in total. The van der Waals surface area contributed by atoms with Crippen molar-refractivity contribution >= 4 is 242 Å². The molecular formula is C45H49B17O. The molecule has 1 aliphatic heterocycles. The van der Waals surface area contributed by atoms with Gasteiger partial charge in [0, 0.05) is 5.41 Å². The van der Waals surface area contributed by atoms with Crippen molar-refractivity contribution in [1.82, 2.24) is 0 Å². The predicted octanol–water partition coefficient (Wildman–Crippen LogP) is -16.6. The fourth-order valence-corrected chi connectivity index (χ4v) is 13.2. The number of fused-ring (bicyclic) bond motifs is 10. The average molecular weight is 790 g/mol. The Hall–Kier alpha value is -4.30. The van der Waals surface area contributed by atoms with Crippen LogP contribution >= 0.6 is 0 Å². The van der Waals surface area contributed by atoms with Crippen LogP contribution in [0.5, 0.6) is 5.75 Å². The summed E-state index contributed by atoms with van der Waals surface area (Å²) in [6.07, 6.45) is -0.0198. The van der Waals surface area contributed by atoms with Crippen molar-refractivity contribution in [2.24, 2.45) is 0 Å². The standard InChI is InChI=1S/C45H49B17O/c1-45(2)13-6-4-3-5-11(13)12-8-7-10(9-14(12)45)15-17-19(29(49)37(57)35(55)27(17)47)16(20-18(15)28(48)36(56)38(58)30(20)50)23-26(46)25-22-21-24(32(52)40(60)39(59)31(21)51)34(54)41(61)43(22)63-44(25)42(62)33(23)53/h3-9,22,43H,46-62H2,1-2H3. The van der Waals surface area contributed by atoms with E-state index in [0.29, 0.717) is 0 Å². The van der Waals surface area contributed by atoms with Crippen LogP contribution in [0.3, 0.4) is 0 Å². The van der Waals surface area contributed by atoms with Crippen LogP contribution in [-0.2, 0) is 5.41 Å². The second-order valence-corrected chi connectivity index (χ2v) is 20.8. The maximum Gasteiger partial charge on any atom is 0.143 e. The smallest absolute Gasteiger partial charge is 0.143 e. The van der Waals surface area contributed by atoms with E-state index >= 15 is 0 Å². The molecule has 0 amide bonds. The van der Waals surface area contributed by atoms with E-state index in [-0.39, 0.29) is 17.4 Å². The Morgan fingerprint density at radius 2 is 0.889 bits per heavy atom. The van der Waals surface area contributed by atoms with Crippen LogP contribution in [0, 0.1) is 0 Å². The predicted molar refractivity (Wildman–Crippen MR) is 329 cm³/mol. The highest BCUT2D eigenvalue weighted by atomic mass is 16.5. The first kappa shape index (κ1) is 42.6. The molecule has 1 heterocycles. The minimum absolute atomic E-state index is 0.0198. The van der Waals surface area contributed by atoms with E-state index in [1.165, 1.54) is 176 Å². The first-order chi connectivity index (χ1) is 29.7. The monoisotopic (exact) mass is 793 g/mol. The third-order valence-corrected chi connectivity index (χ3v) is 18.1. The fraction of sp³-hybridized carbons (Fsp3) is 0.111. The number of benzene rings is 7. The number of ether oxygens (including phenoxy) is 1. The van der Waals surface area contributed by atoms with E-state index in [0.717, 1.165) is 5.75 Å². The highest BCUT2D eigenvalue weighted by Gasteiger charge is 2.45. The molecule has 0 bridgehead atoms. The van der Waals surface area contributed by atoms with Gasteiger partial charge in [0.15, 0.2) is 0 Å². The highest BCUT2D eigenvalue weighted by Crippen LogP contribution is 2.52. The first-order valence-corrected chi connectivity index (χ1v) is 23.5. The van der Waals surface area contributed by atoms with Crippen molar-refractivity contribution in [3.8, 4) is 39.1 Å². The summed E-state index contributed by atoms with van der Waals surface area (Å²) in [5, 5.41) is 5.61. The van der Waals surface area contributed by atoms with Crippen LogP contribution in [-0.4, -0.2) is 139 Å². The molecule has 0 saturated carbocycles. The molecule has 0 aromatic heterocycles. The van der Waals surface area contributed by atoms with Crippen LogP contribution in [0.1, 0.15) is 47.6 Å². The zero-order valence-electron chi connectivity index (χ0n) is 41.6. The van der Waals surface area contributed by atoms with Gasteiger partial charge < -0.3 is 4.74 Å². The fourth-order valence-electron chi connectivity index (χ4n) is 13.2. The van der Waals surface area contributed by atoms with Gasteiger partial charge in [0.2, 0.25) is 0 Å². The number of hydrogen-bond donors (Lipinski definition) is 0. The summed E-state index contributed by atoms with van der Waals surface area (Å²) in [7, 11) is 40.2. The van der Waals surface area contributed by atoms with Crippen LogP contribution in [0.4, 0.5) is 0 Å². The minimum Gasteiger partial charge on any atom is -0.486 e. The van der Waals surface area contributed by atoms with Gasteiger partial charge >= 0.3 is 0 Å². The normalized spacial score (nSPS) is 16.7. The molecule has 7 aromatic rings. The Morgan fingerprint density at radius 1 is 0.413 bits per heavy atom. The third-order valence-electron chi connectivity index (χ3n) is 18.1. The summed E-state index contributed by atoms with van der Waals surface area (Å²) in [5.74, 6) is 1.23. The van der Waals surface area contributed by atoms with E-state index in [1.807, 2.05) is 0 Å². The largest absolute Gasteiger partial charge is 0.486 e. The van der Waals surface area contributed by atoms with Gasteiger partial charge in [-0.3, -0.25) is 0 Å². The van der Waals surface area contributed by atoms with Gasteiger partial charge in [-0.25, -0.2) is 0 Å². The van der Waals surface area contributed by atoms with Crippen molar-refractivity contribution in [3.63, 3.8) is 0 Å². The van der Waals surface area contributed by atoms with E-state index in [2.05, 4.69) is 190 Å². The SMILES string of the molecule is BC1=C(B)C2Oc3c(B)c(B)c(-c4c5c(B)c(B)c(B)c(B)c5c(-c5ccc6c(c5)C(C)(C)c5ccccc5-6)c5c(B)c(B)c(B)c(B)c45)c(B)c3C2c2c(B)c(B)c(B)c(B)c21. The summed E-state index contributed by atoms with van der Waals surface area (Å²) in [5.41, 5.74) is 38.7. The molecule has 0 spiro atoms. The molecule has 2 unspecified atom stereocenters. The Labute approximate surface area is 391 Å². The number of hydrogen-bond acceptors (Lipinski definition) is 1. The lowest BCUT2D eigenvalue weighted by Gasteiger charge is -2.36. The molecule has 2 aliphatic carbocycles. The van der Waals surface area contributed by atoms with Crippen LogP contribution in [0.2, 0.25) is 0 Å². The van der Waals surface area contributed by atoms with E-state index in [9.17, 15) is 0 Å². The summed E-state index contributed by atoms with van der Waals surface area (Å²) in [6.45, 7) is 4.83. The summed E-state index contributed by atoms with van der Waals surface area (Å²) in [4.78, 5) is 0. The minimum atomic E-state index is -0.101. The average Bonchev–Trinajstić information content (AvgIpc) is 3.77. The maximum absolute atomic E-state index is 7.32. The van der Waals surface area contributed by atoms with Gasteiger partial charge in [0.1, 0.15) is 145 Å². The molecule has 0 saturated heterocycles. The van der Waals surface area contributed by atoms with Crippen LogP contribution in [0.25, 0.3) is 60.4 Å². The molecule has 10 rings (SSSR count).